The van der Waals surface area contributed by atoms with Gasteiger partial charge in [-0.05, 0) is 0 Å². The smallest absolute Gasteiger partial charge is 0.310 e. The molecule has 0 saturated carbocycles. The molecule has 0 heterocycles. The van der Waals surface area contributed by atoms with Gasteiger partial charge in [-0.2, -0.15) is 8.78 Å². The molecule has 0 bridgehead atoms. The molecule has 0 atom stereocenters. The molecule has 0 rings (SSSR count). The minimum absolute atomic E-state index is 0.701. The normalized spacial score (nSPS) is 10.6. The van der Waals surface area contributed by atoms with Gasteiger partial charge in [0.2, 0.25) is 0 Å². The first-order valence-corrected chi connectivity index (χ1v) is 1.77. The van der Waals surface area contributed by atoms with Crippen LogP contribution in [0.3, 0.4) is 0 Å². The van der Waals surface area contributed by atoms with Crippen LogP contribution in [0.1, 0.15) is 6.92 Å². The summed E-state index contributed by atoms with van der Waals surface area (Å²) in [5.41, 5.74) is 0. The number of halogens is 2. The summed E-state index contributed by atoms with van der Waals surface area (Å²) in [6.07, 6.45) is 0. The molecule has 0 saturated heterocycles. The summed E-state index contributed by atoms with van der Waals surface area (Å²) in [6.45, 7) is 6.03. The van der Waals surface area contributed by atoms with Crippen molar-refractivity contribution < 1.29 is 8.78 Å². The van der Waals surface area contributed by atoms with Gasteiger partial charge in [-0.25, -0.2) is 6.57 Å². The molecule has 40 valence electrons. The topological polar surface area (TPSA) is 4.36 Å². The molecule has 7 heavy (non-hydrogen) atoms. The van der Waals surface area contributed by atoms with Crippen molar-refractivity contribution in [2.75, 3.05) is 6.54 Å². The van der Waals surface area contributed by atoms with E-state index in [9.17, 15) is 8.78 Å². The van der Waals surface area contributed by atoms with Gasteiger partial charge in [0.05, 0.1) is 0 Å². The monoisotopic (exact) mass is 105 g/mol. The van der Waals surface area contributed by atoms with E-state index in [2.05, 4.69) is 4.85 Å². The Balaban J connectivity index is 3.40. The Morgan fingerprint density at radius 3 is 2.14 bits per heavy atom. The number of nitrogens with zero attached hydrogens (tertiary/aromatic N) is 1. The van der Waals surface area contributed by atoms with Crippen LogP contribution >= 0.6 is 0 Å². The van der Waals surface area contributed by atoms with Crippen LogP contribution in [0, 0.1) is 6.57 Å². The van der Waals surface area contributed by atoms with Gasteiger partial charge in [0.1, 0.15) is 0 Å². The molecule has 0 amide bonds. The Kier molecular flexibility index (Phi) is 1.70. The second-order valence-corrected chi connectivity index (χ2v) is 1.39. The van der Waals surface area contributed by atoms with Gasteiger partial charge in [0, 0.05) is 6.92 Å². The molecule has 0 N–H and O–H groups in total. The molecule has 0 aliphatic carbocycles. The fourth-order valence-corrected chi connectivity index (χ4v) is 0.139. The van der Waals surface area contributed by atoms with Crippen molar-refractivity contribution in [1.29, 1.82) is 0 Å². The molecule has 0 spiro atoms. The summed E-state index contributed by atoms with van der Waals surface area (Å²) in [6, 6.07) is 0. The largest absolute Gasteiger partial charge is 0.315 e. The minimum Gasteiger partial charge on any atom is -0.310 e. The third kappa shape index (κ3) is 5.35. The molecule has 0 aromatic heterocycles. The quantitative estimate of drug-likeness (QED) is 0.446. The van der Waals surface area contributed by atoms with Crippen molar-refractivity contribution in [2.45, 2.75) is 12.8 Å². The van der Waals surface area contributed by atoms with Crippen LogP contribution in [0.4, 0.5) is 8.78 Å². The van der Waals surface area contributed by atoms with E-state index in [1.807, 2.05) is 0 Å². The Morgan fingerprint density at radius 1 is 1.71 bits per heavy atom. The van der Waals surface area contributed by atoms with Crippen molar-refractivity contribution in [3.05, 3.63) is 11.4 Å². The van der Waals surface area contributed by atoms with E-state index in [0.717, 1.165) is 6.92 Å². The van der Waals surface area contributed by atoms with E-state index in [4.69, 9.17) is 6.57 Å². The molecule has 0 radical (unpaired) electrons. The maximum absolute atomic E-state index is 11.5. The van der Waals surface area contributed by atoms with Crippen LogP contribution in [-0.4, -0.2) is 12.5 Å². The van der Waals surface area contributed by atoms with Crippen LogP contribution < -0.4 is 0 Å². The maximum atomic E-state index is 11.5. The summed E-state index contributed by atoms with van der Waals surface area (Å²) in [7, 11) is 0. The van der Waals surface area contributed by atoms with Crippen molar-refractivity contribution in [2.24, 2.45) is 0 Å². The average Bonchev–Trinajstić information content (AvgIpc) is 1.30. The SMILES string of the molecule is [C-]#[N+]CC(C)(F)F. The summed E-state index contributed by atoms with van der Waals surface area (Å²) in [5, 5.41) is 0. The zero-order chi connectivity index (χ0) is 5.91. The van der Waals surface area contributed by atoms with Crippen molar-refractivity contribution in [1.82, 2.24) is 0 Å². The molecule has 0 fully saturated rings. The lowest BCUT2D eigenvalue weighted by atomic mass is 10.4. The van der Waals surface area contributed by atoms with Crippen LogP contribution in [0.5, 0.6) is 0 Å². The van der Waals surface area contributed by atoms with Crippen molar-refractivity contribution in [3.63, 3.8) is 0 Å². The molecular weight excluding hydrogens is 100 g/mol. The Labute approximate surface area is 40.8 Å². The molecule has 0 aromatic rings. The highest BCUT2D eigenvalue weighted by Gasteiger charge is 2.24. The summed E-state index contributed by atoms with van der Waals surface area (Å²) in [5.74, 6) is -2.80. The molecule has 0 aromatic carbocycles. The van der Waals surface area contributed by atoms with Gasteiger partial charge in [0.15, 0.2) is 0 Å². The van der Waals surface area contributed by atoms with E-state index in [-0.39, 0.29) is 0 Å². The van der Waals surface area contributed by atoms with E-state index < -0.39 is 12.5 Å². The second kappa shape index (κ2) is 1.87. The zero-order valence-electron chi connectivity index (χ0n) is 3.91. The fraction of sp³-hybridized carbons (Fsp3) is 0.750. The first-order chi connectivity index (χ1) is 3.06. The number of alkyl halides is 2. The van der Waals surface area contributed by atoms with E-state index in [1.54, 1.807) is 0 Å². The van der Waals surface area contributed by atoms with E-state index >= 15 is 0 Å². The van der Waals surface area contributed by atoms with Gasteiger partial charge < -0.3 is 4.85 Å². The lowest BCUT2D eigenvalue weighted by molar-refractivity contribution is 0.0403. The summed E-state index contributed by atoms with van der Waals surface area (Å²) >= 11 is 0. The van der Waals surface area contributed by atoms with E-state index in [1.165, 1.54) is 0 Å². The summed E-state index contributed by atoms with van der Waals surface area (Å²) < 4.78 is 23.0. The first-order valence-electron chi connectivity index (χ1n) is 1.77. The average molecular weight is 105 g/mol. The third-order valence-electron chi connectivity index (χ3n) is 0.357. The van der Waals surface area contributed by atoms with Gasteiger partial charge in [-0.15, -0.1) is 0 Å². The molecule has 3 heteroatoms. The highest BCUT2D eigenvalue weighted by molar-refractivity contribution is 4.70. The standard InChI is InChI=1S/C4H5F2N/c1-4(5,6)3-7-2/h3H2,1H3. The zero-order valence-corrected chi connectivity index (χ0v) is 3.91. The van der Waals surface area contributed by atoms with Gasteiger partial charge in [0.25, 0.3) is 6.54 Å². The van der Waals surface area contributed by atoms with Crippen LogP contribution in [0.15, 0.2) is 0 Å². The van der Waals surface area contributed by atoms with Crippen molar-refractivity contribution in [3.8, 4) is 0 Å². The van der Waals surface area contributed by atoms with E-state index in [0.29, 0.717) is 0 Å². The molecule has 0 unspecified atom stereocenters. The number of hydrogen-bond acceptors (Lipinski definition) is 0. The predicted octanol–water partition coefficient (Wildman–Crippen LogP) is 1.56. The number of rotatable bonds is 1. The Bertz CT molecular complexity index is 86.8. The van der Waals surface area contributed by atoms with Crippen LogP contribution in [-0.2, 0) is 0 Å². The lowest BCUT2D eigenvalue weighted by Gasteiger charge is -1.96. The van der Waals surface area contributed by atoms with Crippen LogP contribution in [0.2, 0.25) is 0 Å². The number of hydrogen-bond donors (Lipinski definition) is 0. The van der Waals surface area contributed by atoms with Gasteiger partial charge >= 0.3 is 5.92 Å². The molecule has 1 nitrogen and oxygen atoms in total. The minimum atomic E-state index is -2.80. The molecule has 0 aliphatic rings. The Morgan fingerprint density at radius 2 is 2.14 bits per heavy atom. The third-order valence-corrected chi connectivity index (χ3v) is 0.357. The molecular formula is C4H5F2N. The van der Waals surface area contributed by atoms with Gasteiger partial charge in [-0.3, -0.25) is 0 Å². The fourth-order valence-electron chi connectivity index (χ4n) is 0.139. The first kappa shape index (κ1) is 6.35. The highest BCUT2D eigenvalue weighted by Crippen LogP contribution is 2.10. The predicted molar refractivity (Wildman–Crippen MR) is 22.1 cm³/mol. The second-order valence-electron chi connectivity index (χ2n) is 1.39. The van der Waals surface area contributed by atoms with Crippen molar-refractivity contribution >= 4 is 0 Å². The van der Waals surface area contributed by atoms with Crippen LogP contribution in [0.25, 0.3) is 4.85 Å². The molecule has 0 aliphatic heterocycles. The lowest BCUT2D eigenvalue weighted by Crippen LogP contribution is -2.12. The maximum Gasteiger partial charge on any atom is 0.315 e. The highest BCUT2D eigenvalue weighted by atomic mass is 19.3. The van der Waals surface area contributed by atoms with Gasteiger partial charge in [-0.1, -0.05) is 0 Å². The Hall–Kier alpha value is -0.650. The summed E-state index contributed by atoms with van der Waals surface area (Å²) in [4.78, 5) is 2.51.